The first-order valence-electron chi connectivity index (χ1n) is 6.54. The number of hydrogen-bond donors (Lipinski definition) is 2. The summed E-state index contributed by atoms with van der Waals surface area (Å²) in [5, 5.41) is 3.65. The summed E-state index contributed by atoms with van der Waals surface area (Å²) < 4.78 is 1.11. The fraction of sp³-hybridized carbons (Fsp3) is 0.250. The van der Waals surface area contributed by atoms with E-state index >= 15 is 0 Å². The lowest BCUT2D eigenvalue weighted by atomic mass is 10.1. The number of hydrogen-bond acceptors (Lipinski definition) is 2. The Morgan fingerprint density at radius 1 is 1.21 bits per heavy atom. The number of nitrogens with one attached hydrogen (secondary N) is 1. The van der Waals surface area contributed by atoms with Crippen LogP contribution in [0.3, 0.4) is 0 Å². The Hall–Kier alpha value is -1.48. The van der Waals surface area contributed by atoms with Crippen LogP contribution in [0.25, 0.3) is 0 Å². The van der Waals surface area contributed by atoms with Crippen LogP contribution in [0.1, 0.15) is 29.2 Å². The number of fused-ring (bicyclic) bond motifs is 1. The molecule has 98 valence electrons. The molecule has 1 aliphatic carbocycles. The van der Waals surface area contributed by atoms with Crippen molar-refractivity contribution in [1.29, 1.82) is 0 Å². The highest BCUT2D eigenvalue weighted by Gasteiger charge is 2.22. The van der Waals surface area contributed by atoms with Gasteiger partial charge < -0.3 is 11.1 Å². The smallest absolute Gasteiger partial charge is 0.0519 e. The molecule has 0 saturated heterocycles. The molecule has 3 N–H and O–H groups in total. The summed E-state index contributed by atoms with van der Waals surface area (Å²) in [6, 6.07) is 13.0. The van der Waals surface area contributed by atoms with Crippen LogP contribution in [0.5, 0.6) is 0 Å². The molecule has 3 rings (SSSR count). The first kappa shape index (κ1) is 12.5. The highest BCUT2D eigenvalue weighted by molar-refractivity contribution is 9.10. The van der Waals surface area contributed by atoms with Crippen molar-refractivity contribution in [3.63, 3.8) is 0 Å². The average molecular weight is 317 g/mol. The Morgan fingerprint density at radius 2 is 2.05 bits per heavy atom. The number of benzene rings is 2. The number of rotatable bonds is 2. The van der Waals surface area contributed by atoms with Crippen molar-refractivity contribution in [3.05, 3.63) is 57.6 Å². The molecule has 0 spiro atoms. The third kappa shape index (κ3) is 2.47. The standard InChI is InChI=1S/C16H17BrN2/c1-10-2-4-12(17)9-16(10)19-15-7-3-11-8-13(18)5-6-14(11)15/h2,4-6,8-9,15,19H,3,7,18H2,1H3. The molecule has 1 unspecified atom stereocenters. The van der Waals surface area contributed by atoms with E-state index in [1.165, 1.54) is 22.4 Å². The van der Waals surface area contributed by atoms with Gasteiger partial charge >= 0.3 is 0 Å². The van der Waals surface area contributed by atoms with Gasteiger partial charge in [-0.1, -0.05) is 28.1 Å². The zero-order valence-corrected chi connectivity index (χ0v) is 12.5. The Balaban J connectivity index is 1.88. The van der Waals surface area contributed by atoms with Crippen LogP contribution in [0.4, 0.5) is 11.4 Å². The van der Waals surface area contributed by atoms with E-state index in [0.717, 1.165) is 23.0 Å². The molecule has 0 amide bonds. The topological polar surface area (TPSA) is 38.0 Å². The monoisotopic (exact) mass is 316 g/mol. The van der Waals surface area contributed by atoms with Crippen molar-refractivity contribution in [2.24, 2.45) is 0 Å². The maximum Gasteiger partial charge on any atom is 0.0519 e. The van der Waals surface area contributed by atoms with Crippen molar-refractivity contribution < 1.29 is 0 Å². The minimum atomic E-state index is 0.392. The van der Waals surface area contributed by atoms with E-state index in [1.54, 1.807) is 0 Å². The highest BCUT2D eigenvalue weighted by Crippen LogP contribution is 2.36. The van der Waals surface area contributed by atoms with Crippen LogP contribution in [-0.2, 0) is 6.42 Å². The predicted molar refractivity (Wildman–Crippen MR) is 84.4 cm³/mol. The fourth-order valence-electron chi connectivity index (χ4n) is 2.72. The molecule has 2 aromatic rings. The van der Waals surface area contributed by atoms with Gasteiger partial charge in [-0.15, -0.1) is 0 Å². The predicted octanol–water partition coefficient (Wildman–Crippen LogP) is 4.44. The van der Waals surface area contributed by atoms with E-state index in [-0.39, 0.29) is 0 Å². The first-order valence-corrected chi connectivity index (χ1v) is 7.34. The molecule has 1 atom stereocenters. The second-order valence-corrected chi connectivity index (χ2v) is 6.07. The van der Waals surface area contributed by atoms with Crippen molar-refractivity contribution in [1.82, 2.24) is 0 Å². The molecule has 1 aliphatic rings. The van der Waals surface area contributed by atoms with E-state index < -0.39 is 0 Å². The molecule has 0 aliphatic heterocycles. The van der Waals surface area contributed by atoms with Gasteiger partial charge in [0.05, 0.1) is 6.04 Å². The van der Waals surface area contributed by atoms with Crippen LogP contribution in [-0.4, -0.2) is 0 Å². The second kappa shape index (κ2) is 4.89. The van der Waals surface area contributed by atoms with Gasteiger partial charge in [0, 0.05) is 15.8 Å². The molecule has 0 fully saturated rings. The Morgan fingerprint density at radius 3 is 2.89 bits per heavy atom. The quantitative estimate of drug-likeness (QED) is 0.804. The number of aryl methyl sites for hydroxylation is 2. The minimum absolute atomic E-state index is 0.392. The van der Waals surface area contributed by atoms with Crippen molar-refractivity contribution in [2.45, 2.75) is 25.8 Å². The molecule has 19 heavy (non-hydrogen) atoms. The number of nitrogen functional groups attached to an aromatic ring is 1. The average Bonchev–Trinajstić information content (AvgIpc) is 2.76. The zero-order valence-electron chi connectivity index (χ0n) is 10.9. The summed E-state index contributed by atoms with van der Waals surface area (Å²) in [6.07, 6.45) is 2.23. The highest BCUT2D eigenvalue weighted by atomic mass is 79.9. The molecular weight excluding hydrogens is 300 g/mol. The van der Waals surface area contributed by atoms with Gasteiger partial charge in [0.2, 0.25) is 0 Å². The van der Waals surface area contributed by atoms with E-state index in [4.69, 9.17) is 5.73 Å². The molecule has 0 radical (unpaired) electrons. The molecule has 0 saturated carbocycles. The maximum absolute atomic E-state index is 5.85. The third-order valence-electron chi connectivity index (χ3n) is 3.77. The molecule has 3 heteroatoms. The molecule has 0 aromatic heterocycles. The number of anilines is 2. The zero-order chi connectivity index (χ0) is 13.4. The Kier molecular flexibility index (Phi) is 3.23. The maximum atomic E-state index is 5.85. The Labute approximate surface area is 122 Å². The van der Waals surface area contributed by atoms with E-state index in [9.17, 15) is 0 Å². The summed E-state index contributed by atoms with van der Waals surface area (Å²) in [5.41, 5.74) is 11.9. The SMILES string of the molecule is Cc1ccc(Br)cc1NC1CCc2cc(N)ccc21. The van der Waals surface area contributed by atoms with E-state index in [2.05, 4.69) is 58.5 Å². The van der Waals surface area contributed by atoms with Gasteiger partial charge in [-0.2, -0.15) is 0 Å². The molecular formula is C16H17BrN2. The van der Waals surface area contributed by atoms with Crippen LogP contribution >= 0.6 is 15.9 Å². The van der Waals surface area contributed by atoms with Gasteiger partial charge in [-0.3, -0.25) is 0 Å². The van der Waals surface area contributed by atoms with Crippen LogP contribution < -0.4 is 11.1 Å². The van der Waals surface area contributed by atoms with Crippen molar-refractivity contribution in [2.75, 3.05) is 11.1 Å². The van der Waals surface area contributed by atoms with Crippen LogP contribution in [0.2, 0.25) is 0 Å². The van der Waals surface area contributed by atoms with Gasteiger partial charge in [0.25, 0.3) is 0 Å². The molecule has 0 heterocycles. The fourth-order valence-corrected chi connectivity index (χ4v) is 3.09. The molecule has 2 nitrogen and oxygen atoms in total. The molecule has 2 aromatic carbocycles. The lowest BCUT2D eigenvalue weighted by Crippen LogP contribution is -2.08. The summed E-state index contributed by atoms with van der Waals surface area (Å²) in [5.74, 6) is 0. The lowest BCUT2D eigenvalue weighted by Gasteiger charge is -2.18. The van der Waals surface area contributed by atoms with Gasteiger partial charge in [0.15, 0.2) is 0 Å². The van der Waals surface area contributed by atoms with Crippen LogP contribution in [0.15, 0.2) is 40.9 Å². The number of halogens is 1. The second-order valence-electron chi connectivity index (χ2n) is 5.15. The number of nitrogens with two attached hydrogens (primary N) is 1. The van der Waals surface area contributed by atoms with E-state index in [0.29, 0.717) is 6.04 Å². The third-order valence-corrected chi connectivity index (χ3v) is 4.27. The van der Waals surface area contributed by atoms with Gasteiger partial charge in [0.1, 0.15) is 0 Å². The summed E-state index contributed by atoms with van der Waals surface area (Å²) in [6.45, 7) is 2.13. The lowest BCUT2D eigenvalue weighted by molar-refractivity contribution is 0.761. The minimum Gasteiger partial charge on any atom is -0.399 e. The Bertz CT molecular complexity index is 622. The van der Waals surface area contributed by atoms with Crippen molar-refractivity contribution in [3.8, 4) is 0 Å². The van der Waals surface area contributed by atoms with Gasteiger partial charge in [-0.25, -0.2) is 0 Å². The largest absolute Gasteiger partial charge is 0.399 e. The first-order chi connectivity index (χ1) is 9.13. The summed E-state index contributed by atoms with van der Waals surface area (Å²) in [7, 11) is 0. The summed E-state index contributed by atoms with van der Waals surface area (Å²) in [4.78, 5) is 0. The normalized spacial score (nSPS) is 17.3. The van der Waals surface area contributed by atoms with Crippen molar-refractivity contribution >= 4 is 27.3 Å². The molecule has 0 bridgehead atoms. The van der Waals surface area contributed by atoms with Gasteiger partial charge in [-0.05, 0) is 60.7 Å². The van der Waals surface area contributed by atoms with Crippen LogP contribution in [0, 0.1) is 6.92 Å². The summed E-state index contributed by atoms with van der Waals surface area (Å²) >= 11 is 3.53. The van der Waals surface area contributed by atoms with E-state index in [1.807, 2.05) is 6.07 Å².